The van der Waals surface area contributed by atoms with Crippen LogP contribution in [0.2, 0.25) is 0 Å². The number of halogens is 1. The van der Waals surface area contributed by atoms with Gasteiger partial charge in [-0.3, -0.25) is 4.79 Å². The number of rotatable bonds is 2. The van der Waals surface area contributed by atoms with Crippen LogP contribution in [0.3, 0.4) is 0 Å². The fourth-order valence-corrected chi connectivity index (χ4v) is 2.63. The maximum atomic E-state index is 13.5. The van der Waals surface area contributed by atoms with Gasteiger partial charge in [-0.1, -0.05) is 18.8 Å². The van der Waals surface area contributed by atoms with E-state index < -0.39 is 5.82 Å². The lowest BCUT2D eigenvalue weighted by molar-refractivity contribution is 0.0647. The predicted octanol–water partition coefficient (Wildman–Crippen LogP) is 1.01. The number of hydrogen-bond donors (Lipinski definition) is 2. The molecular weight excluding hydrogens is 273 g/mol. The van der Waals surface area contributed by atoms with Crippen LogP contribution in [-0.2, 0) is 0 Å². The number of carbonyl (C=O) groups excluding carboxylic acids is 1. The van der Waals surface area contributed by atoms with Gasteiger partial charge in [0.15, 0.2) is 0 Å². The van der Waals surface area contributed by atoms with Crippen molar-refractivity contribution in [1.29, 1.82) is 0 Å². The number of hydrogen-bond acceptors (Lipinski definition) is 3. The summed E-state index contributed by atoms with van der Waals surface area (Å²) in [6.07, 6.45) is 0.809. The van der Waals surface area contributed by atoms with Crippen LogP contribution in [0.25, 0.3) is 0 Å². The summed E-state index contributed by atoms with van der Waals surface area (Å²) >= 11 is 0. The predicted molar refractivity (Wildman–Crippen MR) is 76.1 cm³/mol. The van der Waals surface area contributed by atoms with E-state index in [1.165, 1.54) is 12.1 Å². The van der Waals surface area contributed by atoms with Crippen molar-refractivity contribution in [2.45, 2.75) is 19.4 Å². The molecule has 2 atom stereocenters. The van der Waals surface area contributed by atoms with Gasteiger partial charge in [0, 0.05) is 12.1 Å². The second-order valence-corrected chi connectivity index (χ2v) is 5.16. The minimum Gasteiger partial charge on any atom is -0.394 e. The van der Waals surface area contributed by atoms with Crippen LogP contribution in [0.15, 0.2) is 18.2 Å². The summed E-state index contributed by atoms with van der Waals surface area (Å²) in [5, 5.41) is 18.2. The number of aliphatic hydroxyl groups excluding tert-OH is 2. The fraction of sp³-hybridized carbons (Fsp3) is 0.438. The van der Waals surface area contributed by atoms with Crippen LogP contribution in [0.4, 0.5) is 4.39 Å². The quantitative estimate of drug-likeness (QED) is 0.800. The molecule has 1 fully saturated rings. The summed E-state index contributed by atoms with van der Waals surface area (Å²) in [5.74, 6) is 4.49. The van der Waals surface area contributed by atoms with Crippen molar-refractivity contribution in [2.24, 2.45) is 5.92 Å². The van der Waals surface area contributed by atoms with Gasteiger partial charge in [-0.2, -0.15) is 0 Å². The molecule has 5 heteroatoms. The monoisotopic (exact) mass is 291 g/mol. The Labute approximate surface area is 123 Å². The van der Waals surface area contributed by atoms with Crippen LogP contribution in [0, 0.1) is 23.6 Å². The Morgan fingerprint density at radius 3 is 2.90 bits per heavy atom. The lowest BCUT2D eigenvalue weighted by Crippen LogP contribution is -2.40. The molecule has 1 aliphatic heterocycles. The lowest BCUT2D eigenvalue weighted by atomic mass is 10.0. The van der Waals surface area contributed by atoms with Crippen molar-refractivity contribution >= 4 is 5.91 Å². The highest BCUT2D eigenvalue weighted by molar-refractivity contribution is 5.97. The van der Waals surface area contributed by atoms with Crippen LogP contribution in [0.1, 0.15) is 29.3 Å². The van der Waals surface area contributed by atoms with E-state index in [4.69, 9.17) is 5.11 Å². The topological polar surface area (TPSA) is 60.8 Å². The van der Waals surface area contributed by atoms with Crippen LogP contribution < -0.4 is 0 Å². The molecule has 0 saturated carbocycles. The van der Waals surface area contributed by atoms with Crippen LogP contribution >= 0.6 is 0 Å². The van der Waals surface area contributed by atoms with E-state index in [0.717, 1.165) is 12.5 Å². The van der Waals surface area contributed by atoms with Crippen molar-refractivity contribution in [2.75, 3.05) is 19.8 Å². The lowest BCUT2D eigenvalue weighted by Gasteiger charge is -2.25. The molecule has 0 radical (unpaired) electrons. The van der Waals surface area contributed by atoms with Gasteiger partial charge in [-0.05, 0) is 30.5 Å². The van der Waals surface area contributed by atoms with Gasteiger partial charge in [0.25, 0.3) is 5.91 Å². The smallest absolute Gasteiger partial charge is 0.255 e. The van der Waals surface area contributed by atoms with E-state index >= 15 is 0 Å². The fourth-order valence-electron chi connectivity index (χ4n) is 2.63. The maximum absolute atomic E-state index is 13.5. The zero-order chi connectivity index (χ0) is 15.4. The number of nitrogens with zero attached hydrogens (tertiary/aromatic N) is 1. The highest BCUT2D eigenvalue weighted by atomic mass is 19.1. The first-order valence-electron chi connectivity index (χ1n) is 6.89. The molecule has 2 N–H and O–H groups in total. The second-order valence-electron chi connectivity index (χ2n) is 5.16. The molecule has 1 heterocycles. The second kappa shape index (κ2) is 6.70. The van der Waals surface area contributed by atoms with Gasteiger partial charge >= 0.3 is 0 Å². The van der Waals surface area contributed by atoms with E-state index in [9.17, 15) is 14.3 Å². The molecule has 0 aliphatic carbocycles. The first kappa shape index (κ1) is 15.5. The summed E-state index contributed by atoms with van der Waals surface area (Å²) in [6, 6.07) is 3.56. The van der Waals surface area contributed by atoms with E-state index in [0.29, 0.717) is 12.1 Å². The van der Waals surface area contributed by atoms with E-state index in [1.807, 2.05) is 6.92 Å². The minimum atomic E-state index is -0.513. The zero-order valence-corrected chi connectivity index (χ0v) is 11.8. The first-order chi connectivity index (χ1) is 10.1. The Bertz CT molecular complexity index is 591. The average molecular weight is 291 g/mol. The average Bonchev–Trinajstić information content (AvgIpc) is 2.86. The molecule has 1 saturated heterocycles. The third kappa shape index (κ3) is 3.23. The first-order valence-corrected chi connectivity index (χ1v) is 6.89. The molecule has 21 heavy (non-hydrogen) atoms. The Morgan fingerprint density at radius 1 is 1.48 bits per heavy atom. The summed E-state index contributed by atoms with van der Waals surface area (Å²) in [7, 11) is 0. The number of amides is 1. The highest BCUT2D eigenvalue weighted by Crippen LogP contribution is 2.26. The molecule has 1 aromatic rings. The van der Waals surface area contributed by atoms with E-state index in [1.54, 1.807) is 4.90 Å². The standard InChI is InChI=1S/C16H18FNO3/c1-11-6-7-18(15(11)10-20)16(21)14-9-13(17)5-4-12(14)3-2-8-19/h4-5,9,11,15,19-20H,6-8,10H2,1H3. The molecule has 112 valence electrons. The normalized spacial score (nSPS) is 21.0. The van der Waals surface area contributed by atoms with Gasteiger partial charge in [-0.15, -0.1) is 0 Å². The molecule has 0 bridgehead atoms. The SMILES string of the molecule is CC1CCN(C(=O)c2cc(F)ccc2C#CCO)C1CO. The Morgan fingerprint density at radius 2 is 2.24 bits per heavy atom. The minimum absolute atomic E-state index is 0.111. The summed E-state index contributed by atoms with van der Waals surface area (Å²) in [4.78, 5) is 14.2. The largest absolute Gasteiger partial charge is 0.394 e. The Hall–Kier alpha value is -1.90. The van der Waals surface area contributed by atoms with Gasteiger partial charge in [0.05, 0.1) is 18.2 Å². The molecule has 1 aromatic carbocycles. The van der Waals surface area contributed by atoms with Crippen LogP contribution in [0.5, 0.6) is 0 Å². The van der Waals surface area contributed by atoms with Crippen molar-refractivity contribution in [3.63, 3.8) is 0 Å². The molecular formula is C16H18FNO3. The number of carbonyl (C=O) groups is 1. The number of likely N-dealkylation sites (tertiary alicyclic amines) is 1. The summed E-state index contributed by atoms with van der Waals surface area (Å²) in [5.41, 5.74) is 0.551. The molecule has 2 unspecified atom stereocenters. The molecule has 0 spiro atoms. The Balaban J connectivity index is 2.36. The van der Waals surface area contributed by atoms with Gasteiger partial charge in [-0.25, -0.2) is 4.39 Å². The molecule has 4 nitrogen and oxygen atoms in total. The summed E-state index contributed by atoms with van der Waals surface area (Å²) < 4.78 is 13.5. The Kier molecular flexibility index (Phi) is 4.94. The van der Waals surface area contributed by atoms with Crippen LogP contribution in [-0.4, -0.2) is 46.8 Å². The zero-order valence-electron chi connectivity index (χ0n) is 11.8. The van der Waals surface area contributed by atoms with Crippen molar-refractivity contribution in [3.05, 3.63) is 35.1 Å². The molecule has 0 aromatic heterocycles. The van der Waals surface area contributed by atoms with Gasteiger partial charge in [0.2, 0.25) is 0 Å². The van der Waals surface area contributed by atoms with E-state index in [2.05, 4.69) is 11.8 Å². The maximum Gasteiger partial charge on any atom is 0.255 e. The third-order valence-electron chi connectivity index (χ3n) is 3.84. The van der Waals surface area contributed by atoms with Crippen molar-refractivity contribution < 1.29 is 19.4 Å². The van der Waals surface area contributed by atoms with Crippen molar-refractivity contribution in [1.82, 2.24) is 4.90 Å². The van der Waals surface area contributed by atoms with E-state index in [-0.39, 0.29) is 36.6 Å². The van der Waals surface area contributed by atoms with Gasteiger partial charge < -0.3 is 15.1 Å². The van der Waals surface area contributed by atoms with Crippen molar-refractivity contribution in [3.8, 4) is 11.8 Å². The highest BCUT2D eigenvalue weighted by Gasteiger charge is 2.34. The molecule has 1 aliphatic rings. The third-order valence-corrected chi connectivity index (χ3v) is 3.84. The number of benzene rings is 1. The van der Waals surface area contributed by atoms with Gasteiger partial charge in [0.1, 0.15) is 12.4 Å². The molecule has 1 amide bonds. The number of aliphatic hydroxyl groups is 2. The molecule has 2 rings (SSSR count). The summed E-state index contributed by atoms with van der Waals surface area (Å²) in [6.45, 7) is 2.08.